The van der Waals surface area contributed by atoms with Gasteiger partial charge in [-0.15, -0.1) is 0 Å². The molecule has 1 rings (SSSR count). The van der Waals surface area contributed by atoms with Crippen LogP contribution in [0.1, 0.15) is 11.6 Å². The molecule has 0 saturated carbocycles. The van der Waals surface area contributed by atoms with Gasteiger partial charge >= 0.3 is 0 Å². The second kappa shape index (κ2) is 3.71. The summed E-state index contributed by atoms with van der Waals surface area (Å²) < 4.78 is 0. The van der Waals surface area contributed by atoms with Gasteiger partial charge in [0.05, 0.1) is 18.3 Å². The third kappa shape index (κ3) is 1.85. The number of aromatic nitrogens is 1. The van der Waals surface area contributed by atoms with Crippen molar-refractivity contribution in [3.8, 4) is 0 Å². The Labute approximate surface area is 75.2 Å². The Morgan fingerprint density at radius 2 is 2.33 bits per heavy atom. The van der Waals surface area contributed by atoms with Crippen LogP contribution in [0.5, 0.6) is 0 Å². The predicted molar refractivity (Wildman–Crippen MR) is 47.7 cm³/mol. The average Bonchev–Trinajstić information content (AvgIpc) is 2.08. The quantitative estimate of drug-likeness (QED) is 0.582. The SMILES string of the molecule is Nc1cc([C@@H](N)CO)cnc1Cl. The molecule has 0 aliphatic rings. The molecule has 0 aliphatic heterocycles. The van der Waals surface area contributed by atoms with Gasteiger partial charge in [-0.3, -0.25) is 0 Å². The summed E-state index contributed by atoms with van der Waals surface area (Å²) in [5.74, 6) is 0. The minimum atomic E-state index is -0.447. The number of halogens is 1. The van der Waals surface area contributed by atoms with Crippen molar-refractivity contribution in [3.05, 3.63) is 23.0 Å². The van der Waals surface area contributed by atoms with Gasteiger partial charge < -0.3 is 16.6 Å². The van der Waals surface area contributed by atoms with Gasteiger partial charge in [0.1, 0.15) is 0 Å². The molecule has 0 amide bonds. The van der Waals surface area contributed by atoms with E-state index in [1.54, 1.807) is 6.07 Å². The zero-order valence-corrected chi connectivity index (χ0v) is 7.12. The van der Waals surface area contributed by atoms with E-state index in [2.05, 4.69) is 4.98 Å². The second-order valence-electron chi connectivity index (χ2n) is 2.44. The molecule has 4 nitrogen and oxygen atoms in total. The average molecular weight is 188 g/mol. The number of pyridine rings is 1. The van der Waals surface area contributed by atoms with Gasteiger partial charge in [0.25, 0.3) is 0 Å². The van der Waals surface area contributed by atoms with E-state index >= 15 is 0 Å². The van der Waals surface area contributed by atoms with Crippen molar-refractivity contribution in [1.29, 1.82) is 0 Å². The van der Waals surface area contributed by atoms with E-state index in [-0.39, 0.29) is 11.8 Å². The zero-order valence-electron chi connectivity index (χ0n) is 6.37. The summed E-state index contributed by atoms with van der Waals surface area (Å²) in [6.07, 6.45) is 1.50. The van der Waals surface area contributed by atoms with Crippen LogP contribution in [-0.4, -0.2) is 16.7 Å². The molecule has 0 bridgehead atoms. The molecule has 1 heterocycles. The third-order valence-electron chi connectivity index (χ3n) is 1.51. The molecule has 0 aliphatic carbocycles. The van der Waals surface area contributed by atoms with E-state index in [0.717, 1.165) is 0 Å². The zero-order chi connectivity index (χ0) is 9.14. The lowest BCUT2D eigenvalue weighted by atomic mass is 10.1. The summed E-state index contributed by atoms with van der Waals surface area (Å²) in [5, 5.41) is 8.98. The van der Waals surface area contributed by atoms with E-state index in [0.29, 0.717) is 11.3 Å². The van der Waals surface area contributed by atoms with Crippen molar-refractivity contribution in [1.82, 2.24) is 4.98 Å². The highest BCUT2D eigenvalue weighted by Gasteiger charge is 2.06. The Morgan fingerprint density at radius 1 is 1.67 bits per heavy atom. The maximum absolute atomic E-state index is 8.72. The van der Waals surface area contributed by atoms with Crippen molar-refractivity contribution in [2.24, 2.45) is 5.73 Å². The molecular weight excluding hydrogens is 178 g/mol. The summed E-state index contributed by atoms with van der Waals surface area (Å²) in [6, 6.07) is 1.16. The monoisotopic (exact) mass is 187 g/mol. The van der Waals surface area contributed by atoms with E-state index < -0.39 is 6.04 Å². The number of nitrogens with two attached hydrogens (primary N) is 2. The van der Waals surface area contributed by atoms with Crippen LogP contribution in [0.25, 0.3) is 0 Å². The molecule has 0 aromatic carbocycles. The van der Waals surface area contributed by atoms with Crippen molar-refractivity contribution >= 4 is 17.3 Å². The Bertz CT molecular complexity index is 279. The lowest BCUT2D eigenvalue weighted by Gasteiger charge is -2.08. The molecular formula is C7H10ClN3O. The molecule has 66 valence electrons. The molecule has 1 atom stereocenters. The Kier molecular flexibility index (Phi) is 2.86. The highest BCUT2D eigenvalue weighted by molar-refractivity contribution is 6.31. The van der Waals surface area contributed by atoms with Crippen molar-refractivity contribution < 1.29 is 5.11 Å². The van der Waals surface area contributed by atoms with Gasteiger partial charge in [0.2, 0.25) is 0 Å². The highest BCUT2D eigenvalue weighted by Crippen LogP contribution is 2.18. The second-order valence-corrected chi connectivity index (χ2v) is 2.80. The van der Waals surface area contributed by atoms with Crippen LogP contribution in [-0.2, 0) is 0 Å². The minimum absolute atomic E-state index is 0.136. The highest BCUT2D eigenvalue weighted by atomic mass is 35.5. The van der Waals surface area contributed by atoms with Gasteiger partial charge in [-0.05, 0) is 11.6 Å². The molecule has 5 N–H and O–H groups in total. The minimum Gasteiger partial charge on any atom is -0.396 e. The standard InChI is InChI=1S/C7H10ClN3O/c8-7-5(9)1-4(2-11-7)6(10)3-12/h1-2,6,12H,3,9-10H2/t6-/m0/s1. The van der Waals surface area contributed by atoms with Gasteiger partial charge in [-0.25, -0.2) is 4.98 Å². The fourth-order valence-electron chi connectivity index (χ4n) is 0.790. The molecule has 1 aromatic heterocycles. The molecule has 5 heteroatoms. The van der Waals surface area contributed by atoms with Crippen LogP contribution in [0.2, 0.25) is 5.15 Å². The Morgan fingerprint density at radius 3 is 2.83 bits per heavy atom. The third-order valence-corrected chi connectivity index (χ3v) is 1.83. The lowest BCUT2D eigenvalue weighted by molar-refractivity contribution is 0.268. The summed E-state index contributed by atoms with van der Waals surface area (Å²) in [4.78, 5) is 3.80. The van der Waals surface area contributed by atoms with Crippen LogP contribution in [0, 0.1) is 0 Å². The van der Waals surface area contributed by atoms with Gasteiger partial charge in [0, 0.05) is 6.20 Å². The van der Waals surface area contributed by atoms with E-state index in [1.165, 1.54) is 6.20 Å². The summed E-state index contributed by atoms with van der Waals surface area (Å²) in [6.45, 7) is -0.136. The Hall–Kier alpha value is -0.840. The van der Waals surface area contributed by atoms with Crippen LogP contribution < -0.4 is 11.5 Å². The van der Waals surface area contributed by atoms with E-state index in [9.17, 15) is 0 Å². The summed E-state index contributed by atoms with van der Waals surface area (Å²) in [7, 11) is 0. The largest absolute Gasteiger partial charge is 0.396 e. The molecule has 0 fully saturated rings. The fourth-order valence-corrected chi connectivity index (χ4v) is 0.894. The molecule has 0 spiro atoms. The first kappa shape index (κ1) is 9.25. The number of nitrogen functional groups attached to an aromatic ring is 1. The number of aliphatic hydroxyl groups is 1. The van der Waals surface area contributed by atoms with Crippen molar-refractivity contribution in [3.63, 3.8) is 0 Å². The fraction of sp³-hybridized carbons (Fsp3) is 0.286. The van der Waals surface area contributed by atoms with Gasteiger partial charge in [0.15, 0.2) is 5.15 Å². The lowest BCUT2D eigenvalue weighted by Crippen LogP contribution is -2.15. The number of nitrogens with zero attached hydrogens (tertiary/aromatic N) is 1. The molecule has 0 radical (unpaired) electrons. The first-order valence-corrected chi connectivity index (χ1v) is 3.80. The summed E-state index contributed by atoms with van der Waals surface area (Å²) >= 11 is 5.59. The van der Waals surface area contributed by atoms with Gasteiger partial charge in [-0.2, -0.15) is 0 Å². The first-order valence-electron chi connectivity index (χ1n) is 3.42. The van der Waals surface area contributed by atoms with Crippen LogP contribution in [0.3, 0.4) is 0 Å². The Balaban J connectivity index is 2.96. The number of hydrogen-bond acceptors (Lipinski definition) is 4. The van der Waals surface area contributed by atoms with E-state index in [4.69, 9.17) is 28.2 Å². The summed E-state index contributed by atoms with van der Waals surface area (Å²) in [5.41, 5.74) is 12.1. The van der Waals surface area contributed by atoms with Crippen molar-refractivity contribution in [2.75, 3.05) is 12.3 Å². The van der Waals surface area contributed by atoms with Crippen LogP contribution in [0.15, 0.2) is 12.3 Å². The topological polar surface area (TPSA) is 85.2 Å². The number of hydrogen-bond donors (Lipinski definition) is 3. The molecule has 0 unspecified atom stereocenters. The number of anilines is 1. The maximum Gasteiger partial charge on any atom is 0.151 e. The molecule has 1 aromatic rings. The number of rotatable bonds is 2. The maximum atomic E-state index is 8.72. The van der Waals surface area contributed by atoms with E-state index in [1.807, 2.05) is 0 Å². The van der Waals surface area contributed by atoms with Gasteiger partial charge in [-0.1, -0.05) is 11.6 Å². The normalized spacial score (nSPS) is 12.9. The smallest absolute Gasteiger partial charge is 0.151 e. The van der Waals surface area contributed by atoms with Crippen LogP contribution >= 0.6 is 11.6 Å². The molecule has 0 saturated heterocycles. The first-order chi connectivity index (χ1) is 5.65. The van der Waals surface area contributed by atoms with Crippen LogP contribution in [0.4, 0.5) is 5.69 Å². The molecule has 12 heavy (non-hydrogen) atoms. The predicted octanol–water partition coefficient (Wildman–Crippen LogP) is 0.309. The number of aliphatic hydroxyl groups excluding tert-OH is 1. The van der Waals surface area contributed by atoms with Crippen molar-refractivity contribution in [2.45, 2.75) is 6.04 Å².